The Kier molecular flexibility index (Phi) is 3.09. The van der Waals surface area contributed by atoms with E-state index in [9.17, 15) is 9.59 Å². The molecule has 1 rings (SSSR count). The highest BCUT2D eigenvalue weighted by molar-refractivity contribution is 6.29. The van der Waals surface area contributed by atoms with Crippen molar-refractivity contribution in [1.29, 1.82) is 5.26 Å². The molecule has 0 radical (unpaired) electrons. The first kappa shape index (κ1) is 11.6. The summed E-state index contributed by atoms with van der Waals surface area (Å²) in [6.45, 7) is 5.09. The van der Waals surface area contributed by atoms with E-state index in [-0.39, 0.29) is 11.6 Å². The molecule has 3 nitrogen and oxygen atoms in total. The molecule has 0 aromatic carbocycles. The zero-order chi connectivity index (χ0) is 11.6. The number of hydrogen-bond donors (Lipinski definition) is 0. The zero-order valence-electron chi connectivity index (χ0n) is 9.39. The van der Waals surface area contributed by atoms with Gasteiger partial charge in [0, 0.05) is 11.1 Å². The normalized spacial score (nSPS) is 26.0. The van der Waals surface area contributed by atoms with Crippen LogP contribution in [0.15, 0.2) is 11.1 Å². The number of Topliss-reactive ketones (excluding diaryl/α,β-unsaturated/α-hetero) is 2. The maximum absolute atomic E-state index is 11.9. The Bertz CT molecular complexity index is 387. The summed E-state index contributed by atoms with van der Waals surface area (Å²) in [5.41, 5.74) is -0.406. The maximum Gasteiger partial charge on any atom is 0.187 e. The molecule has 0 aromatic rings. The molecule has 0 amide bonds. The summed E-state index contributed by atoms with van der Waals surface area (Å²) in [6.07, 6.45) is 2.47. The molecule has 15 heavy (non-hydrogen) atoms. The molecule has 0 aliphatic heterocycles. The number of carbonyl (C=O) groups is 2. The van der Waals surface area contributed by atoms with Gasteiger partial charge in [0.2, 0.25) is 0 Å². The van der Waals surface area contributed by atoms with Crippen LogP contribution in [0.2, 0.25) is 0 Å². The van der Waals surface area contributed by atoms with Gasteiger partial charge in [0.15, 0.2) is 17.0 Å². The van der Waals surface area contributed by atoms with Gasteiger partial charge in [-0.3, -0.25) is 9.59 Å². The van der Waals surface area contributed by atoms with Crippen molar-refractivity contribution >= 4 is 11.6 Å². The lowest BCUT2D eigenvalue weighted by atomic mass is 9.85. The van der Waals surface area contributed by atoms with Crippen molar-refractivity contribution in [1.82, 2.24) is 0 Å². The van der Waals surface area contributed by atoms with Crippen LogP contribution < -0.4 is 0 Å². The highest BCUT2D eigenvalue weighted by Crippen LogP contribution is 2.36. The average Bonchev–Trinajstić information content (AvgIpc) is 2.40. The topological polar surface area (TPSA) is 57.9 Å². The molecule has 0 fully saturated rings. The van der Waals surface area contributed by atoms with Crippen LogP contribution in [0.3, 0.4) is 0 Å². The third-order valence-corrected chi connectivity index (χ3v) is 2.98. The minimum Gasteiger partial charge on any atom is -0.292 e. The number of allylic oxidation sites excluding steroid dienone is 2. The van der Waals surface area contributed by atoms with Crippen molar-refractivity contribution in [2.24, 2.45) is 5.41 Å². The second kappa shape index (κ2) is 3.98. The van der Waals surface area contributed by atoms with Gasteiger partial charge in [-0.2, -0.15) is 5.26 Å². The number of nitriles is 1. The molecule has 1 unspecified atom stereocenters. The van der Waals surface area contributed by atoms with Gasteiger partial charge >= 0.3 is 0 Å². The van der Waals surface area contributed by atoms with Gasteiger partial charge in [-0.25, -0.2) is 0 Å². The van der Waals surface area contributed by atoms with E-state index in [0.29, 0.717) is 17.6 Å². The van der Waals surface area contributed by atoms with E-state index in [1.54, 1.807) is 6.92 Å². The minimum absolute atomic E-state index is 0.291. The third-order valence-electron chi connectivity index (χ3n) is 2.98. The second-order valence-electron chi connectivity index (χ2n) is 4.10. The van der Waals surface area contributed by atoms with E-state index < -0.39 is 5.41 Å². The monoisotopic (exact) mass is 205 g/mol. The maximum atomic E-state index is 11.9. The van der Waals surface area contributed by atoms with Gasteiger partial charge in [-0.1, -0.05) is 13.3 Å². The standard InChI is InChI=1S/C12H15NO2/c1-4-5-6-9-8(2)10(14)12(3,7-13)11(9)15/h4-6H2,1-3H3. The SMILES string of the molecule is CCCCC1=C(C)C(=O)C(C)(C#N)C1=O. The molecule has 0 heterocycles. The van der Waals surface area contributed by atoms with Gasteiger partial charge in [0.05, 0.1) is 6.07 Å². The molecular weight excluding hydrogens is 190 g/mol. The first-order valence-corrected chi connectivity index (χ1v) is 5.19. The Morgan fingerprint density at radius 3 is 2.33 bits per heavy atom. The molecule has 0 spiro atoms. The van der Waals surface area contributed by atoms with E-state index in [0.717, 1.165) is 12.8 Å². The Labute approximate surface area is 89.8 Å². The lowest BCUT2D eigenvalue weighted by Crippen LogP contribution is -2.29. The van der Waals surface area contributed by atoms with Crippen LogP contribution in [-0.2, 0) is 9.59 Å². The smallest absolute Gasteiger partial charge is 0.187 e. The molecule has 0 aromatic heterocycles. The van der Waals surface area contributed by atoms with Crippen LogP contribution in [0, 0.1) is 16.7 Å². The molecule has 0 saturated carbocycles. The number of hydrogen-bond acceptors (Lipinski definition) is 3. The molecule has 1 atom stereocenters. The van der Waals surface area contributed by atoms with Gasteiger partial charge in [0.25, 0.3) is 0 Å². The fraction of sp³-hybridized carbons (Fsp3) is 0.583. The van der Waals surface area contributed by atoms with Crippen LogP contribution >= 0.6 is 0 Å². The number of carbonyl (C=O) groups excluding carboxylic acids is 2. The summed E-state index contributed by atoms with van der Waals surface area (Å²) < 4.78 is 0. The Morgan fingerprint density at radius 1 is 1.33 bits per heavy atom. The summed E-state index contributed by atoms with van der Waals surface area (Å²) >= 11 is 0. The lowest BCUT2D eigenvalue weighted by Gasteiger charge is -2.10. The summed E-state index contributed by atoms with van der Waals surface area (Å²) in [7, 11) is 0. The summed E-state index contributed by atoms with van der Waals surface area (Å²) in [6, 6.07) is 1.84. The third kappa shape index (κ3) is 1.61. The Morgan fingerprint density at radius 2 is 1.93 bits per heavy atom. The van der Waals surface area contributed by atoms with E-state index in [2.05, 4.69) is 0 Å². The molecular formula is C12H15NO2. The lowest BCUT2D eigenvalue weighted by molar-refractivity contribution is -0.129. The number of nitrogens with zero attached hydrogens (tertiary/aromatic N) is 1. The summed E-state index contributed by atoms with van der Waals surface area (Å²) in [5.74, 6) is -0.609. The quantitative estimate of drug-likeness (QED) is 0.663. The fourth-order valence-corrected chi connectivity index (χ4v) is 1.84. The molecule has 1 aliphatic rings. The highest BCUT2D eigenvalue weighted by atomic mass is 16.2. The van der Waals surface area contributed by atoms with Crippen LogP contribution in [-0.4, -0.2) is 11.6 Å². The van der Waals surface area contributed by atoms with E-state index in [1.165, 1.54) is 6.92 Å². The van der Waals surface area contributed by atoms with Crippen molar-refractivity contribution in [2.75, 3.05) is 0 Å². The molecule has 1 aliphatic carbocycles. The van der Waals surface area contributed by atoms with Crippen LogP contribution in [0.5, 0.6) is 0 Å². The number of ketones is 2. The van der Waals surface area contributed by atoms with Crippen LogP contribution in [0.1, 0.15) is 40.0 Å². The van der Waals surface area contributed by atoms with E-state index in [4.69, 9.17) is 5.26 Å². The molecule has 0 bridgehead atoms. The first-order valence-electron chi connectivity index (χ1n) is 5.19. The molecule has 3 heteroatoms. The Hall–Kier alpha value is -1.43. The van der Waals surface area contributed by atoms with Gasteiger partial charge in [-0.05, 0) is 26.7 Å². The molecule has 0 saturated heterocycles. The van der Waals surface area contributed by atoms with Crippen molar-refractivity contribution in [3.63, 3.8) is 0 Å². The van der Waals surface area contributed by atoms with Gasteiger partial charge in [0.1, 0.15) is 0 Å². The molecule has 0 N–H and O–H groups in total. The van der Waals surface area contributed by atoms with Gasteiger partial charge in [-0.15, -0.1) is 0 Å². The summed E-state index contributed by atoms with van der Waals surface area (Å²) in [5, 5.41) is 8.91. The zero-order valence-corrected chi connectivity index (χ0v) is 9.39. The van der Waals surface area contributed by atoms with Crippen LogP contribution in [0.4, 0.5) is 0 Å². The van der Waals surface area contributed by atoms with Crippen LogP contribution in [0.25, 0.3) is 0 Å². The predicted octanol–water partition coefficient (Wildman–Crippen LogP) is 2.17. The largest absolute Gasteiger partial charge is 0.292 e. The minimum atomic E-state index is -1.45. The number of rotatable bonds is 3. The average molecular weight is 205 g/mol. The second-order valence-corrected chi connectivity index (χ2v) is 4.10. The fourth-order valence-electron chi connectivity index (χ4n) is 1.84. The van der Waals surface area contributed by atoms with E-state index in [1.807, 2.05) is 13.0 Å². The van der Waals surface area contributed by atoms with Crippen molar-refractivity contribution in [3.05, 3.63) is 11.1 Å². The predicted molar refractivity (Wildman–Crippen MR) is 56.0 cm³/mol. The van der Waals surface area contributed by atoms with Crippen molar-refractivity contribution in [3.8, 4) is 6.07 Å². The van der Waals surface area contributed by atoms with E-state index >= 15 is 0 Å². The summed E-state index contributed by atoms with van der Waals surface area (Å²) in [4.78, 5) is 23.6. The van der Waals surface area contributed by atoms with Crippen molar-refractivity contribution < 1.29 is 9.59 Å². The van der Waals surface area contributed by atoms with Crippen molar-refractivity contribution in [2.45, 2.75) is 40.0 Å². The molecule has 80 valence electrons. The Balaban J connectivity index is 3.05. The first-order chi connectivity index (χ1) is 6.99. The van der Waals surface area contributed by atoms with Gasteiger partial charge < -0.3 is 0 Å². The number of unbranched alkanes of at least 4 members (excludes halogenated alkanes) is 1. The highest BCUT2D eigenvalue weighted by Gasteiger charge is 2.49.